The third-order valence-electron chi connectivity index (χ3n) is 4.23. The minimum atomic E-state index is -4.76. The lowest BCUT2D eigenvalue weighted by Gasteiger charge is -2.26. The quantitative estimate of drug-likeness (QED) is 0.608. The zero-order valence-electron chi connectivity index (χ0n) is 16.1. The fourth-order valence-corrected chi connectivity index (χ4v) is 3.23. The topological polar surface area (TPSA) is 125 Å². The summed E-state index contributed by atoms with van der Waals surface area (Å²) in [4.78, 5) is 0. The number of fused-ring (bicyclic) bond motifs is 1. The molecule has 0 aromatic heterocycles. The van der Waals surface area contributed by atoms with E-state index in [-0.39, 0.29) is 11.3 Å². The molecule has 1 aliphatic heterocycles. The third-order valence-corrected chi connectivity index (χ3v) is 4.61. The van der Waals surface area contributed by atoms with Crippen LogP contribution in [0.5, 0.6) is 23.0 Å². The highest BCUT2D eigenvalue weighted by atomic mass is 35.7. The van der Waals surface area contributed by atoms with Crippen LogP contribution in [-0.4, -0.2) is 28.4 Å². The fourth-order valence-electron chi connectivity index (χ4n) is 2.90. The molecule has 3 rings (SSSR count). The van der Waals surface area contributed by atoms with Crippen LogP contribution >= 0.6 is 0 Å². The summed E-state index contributed by atoms with van der Waals surface area (Å²) >= 11 is 0. The standard InChI is InChI=1S/C19H19ClO9/c1-24-12-5-6-13(15(9-12)25-2)16-7-11-8-17(26-3)18(27-4)10-14(11)19(28-16)29-20(21,22)23/h5-10,19H,1-4H3. The van der Waals surface area contributed by atoms with Crippen molar-refractivity contribution >= 4 is 11.8 Å². The maximum atomic E-state index is 11.2. The van der Waals surface area contributed by atoms with Gasteiger partial charge in [-0.25, -0.2) is 0 Å². The predicted octanol–water partition coefficient (Wildman–Crippen LogP) is 0.162. The van der Waals surface area contributed by atoms with E-state index in [4.69, 9.17) is 23.7 Å². The molecule has 0 N–H and O–H groups in total. The Hall–Kier alpha value is -2.69. The molecule has 156 valence electrons. The molecule has 10 heteroatoms. The van der Waals surface area contributed by atoms with E-state index < -0.39 is 16.5 Å². The lowest BCUT2D eigenvalue weighted by Crippen LogP contribution is -2.61. The Bertz CT molecular complexity index is 921. The van der Waals surface area contributed by atoms with Gasteiger partial charge in [-0.3, -0.25) is 0 Å². The number of methoxy groups -OCH3 is 4. The molecule has 0 spiro atoms. The van der Waals surface area contributed by atoms with Crippen LogP contribution in [-0.2, 0) is 9.03 Å². The van der Waals surface area contributed by atoms with Gasteiger partial charge in [-0.05, 0) is 35.9 Å². The lowest BCUT2D eigenvalue weighted by molar-refractivity contribution is -1.92. The molecule has 0 bridgehead atoms. The van der Waals surface area contributed by atoms with Crippen molar-refractivity contribution < 1.29 is 52.2 Å². The summed E-state index contributed by atoms with van der Waals surface area (Å²) in [7, 11) is 1.12. The number of ether oxygens (including phenoxy) is 5. The highest BCUT2D eigenvalue weighted by Gasteiger charge is 2.38. The largest absolute Gasteiger partial charge is 0.497 e. The number of hydrogen-bond acceptors (Lipinski definition) is 9. The molecule has 29 heavy (non-hydrogen) atoms. The van der Waals surface area contributed by atoms with E-state index in [2.05, 4.69) is 4.29 Å². The Morgan fingerprint density at radius 1 is 0.828 bits per heavy atom. The highest BCUT2D eigenvalue weighted by molar-refractivity contribution is 5.83. The molecule has 0 radical (unpaired) electrons. The van der Waals surface area contributed by atoms with Crippen molar-refractivity contribution in [2.75, 3.05) is 28.4 Å². The van der Waals surface area contributed by atoms with E-state index in [0.717, 1.165) is 0 Å². The first-order valence-electron chi connectivity index (χ1n) is 8.25. The van der Waals surface area contributed by atoms with Crippen molar-refractivity contribution in [3.8, 4) is 23.0 Å². The van der Waals surface area contributed by atoms with Gasteiger partial charge in [0.2, 0.25) is 0 Å². The average Bonchev–Trinajstić information content (AvgIpc) is 2.70. The van der Waals surface area contributed by atoms with Crippen LogP contribution in [0.1, 0.15) is 23.0 Å². The molecule has 1 atom stereocenters. The van der Waals surface area contributed by atoms with Crippen molar-refractivity contribution in [2.24, 2.45) is 0 Å². The van der Waals surface area contributed by atoms with Crippen molar-refractivity contribution in [3.05, 3.63) is 47.0 Å². The molecule has 1 unspecified atom stereocenters. The van der Waals surface area contributed by atoms with Gasteiger partial charge in [-0.15, -0.1) is 0 Å². The molecule has 0 aliphatic carbocycles. The second-order valence-electron chi connectivity index (χ2n) is 5.83. The second kappa shape index (κ2) is 8.36. The van der Waals surface area contributed by atoms with Crippen LogP contribution < -0.4 is 32.9 Å². The smallest absolute Gasteiger partial charge is 0.379 e. The van der Waals surface area contributed by atoms with Gasteiger partial charge >= 0.3 is 6.29 Å². The van der Waals surface area contributed by atoms with Gasteiger partial charge in [-0.1, -0.05) is 0 Å². The summed E-state index contributed by atoms with van der Waals surface area (Å²) in [6, 6.07) is 8.11. The minimum Gasteiger partial charge on any atom is -0.497 e. The van der Waals surface area contributed by atoms with Gasteiger partial charge in [0.05, 0.1) is 44.2 Å². The second-order valence-corrected chi connectivity index (χ2v) is 6.76. The first-order valence-corrected chi connectivity index (χ1v) is 9.49. The maximum Gasteiger partial charge on any atom is 0.379 e. The maximum absolute atomic E-state index is 11.2. The van der Waals surface area contributed by atoms with E-state index >= 15 is 0 Å². The van der Waals surface area contributed by atoms with Gasteiger partial charge < -0.3 is 23.7 Å². The number of rotatable bonds is 7. The normalized spacial score (nSPS) is 15.7. The summed E-state index contributed by atoms with van der Waals surface area (Å²) in [5.41, 5.74) is 1.30. The van der Waals surface area contributed by atoms with Crippen molar-refractivity contribution in [2.45, 2.75) is 6.29 Å². The number of hydrogen-bond donors (Lipinski definition) is 0. The third kappa shape index (κ3) is 4.50. The number of benzene rings is 2. The van der Waals surface area contributed by atoms with Gasteiger partial charge in [0, 0.05) is 11.6 Å². The van der Waals surface area contributed by atoms with Gasteiger partial charge in [0.25, 0.3) is 0 Å². The van der Waals surface area contributed by atoms with Crippen LogP contribution in [0.25, 0.3) is 11.8 Å². The Kier molecular flexibility index (Phi) is 6.06. The van der Waals surface area contributed by atoms with Crippen LogP contribution in [0.15, 0.2) is 30.3 Å². The predicted molar refractivity (Wildman–Crippen MR) is 91.9 cm³/mol. The Morgan fingerprint density at radius 3 is 2.07 bits per heavy atom. The summed E-state index contributed by atoms with van der Waals surface area (Å²) in [5, 5.41) is 0. The lowest BCUT2D eigenvalue weighted by atomic mass is 10.00. The molecule has 0 saturated heterocycles. The fraction of sp³-hybridized carbons (Fsp3) is 0.263. The molecular weight excluding hydrogens is 408 g/mol. The summed E-state index contributed by atoms with van der Waals surface area (Å²) < 4.78 is 65.1. The molecular formula is C19H19ClO9. The first kappa shape index (κ1) is 21.0. The molecule has 1 heterocycles. The van der Waals surface area contributed by atoms with Crippen LogP contribution in [0.2, 0.25) is 0 Å². The first-order chi connectivity index (χ1) is 13.8. The molecule has 2 aromatic carbocycles. The van der Waals surface area contributed by atoms with Crippen molar-refractivity contribution in [1.82, 2.24) is 0 Å². The van der Waals surface area contributed by atoms with Gasteiger partial charge in [-0.2, -0.15) is 14.0 Å². The summed E-state index contributed by atoms with van der Waals surface area (Å²) in [5.74, 6) is 1.94. The van der Waals surface area contributed by atoms with E-state index in [1.165, 1.54) is 34.5 Å². The molecule has 0 fully saturated rings. The Balaban J connectivity index is 2.15. The number of halogens is 1. The molecule has 2 aromatic rings. The van der Waals surface area contributed by atoms with Crippen LogP contribution in [0.4, 0.5) is 0 Å². The van der Waals surface area contributed by atoms with E-state index in [0.29, 0.717) is 34.1 Å². The van der Waals surface area contributed by atoms with Crippen molar-refractivity contribution in [1.29, 1.82) is 0 Å². The molecule has 0 saturated carbocycles. The SMILES string of the molecule is COc1ccc(C2=Cc3cc(OC)c(OC)cc3C(O[Cl+3]([O-])([O-])[O-])O2)c(OC)c1. The van der Waals surface area contributed by atoms with E-state index in [9.17, 15) is 14.0 Å². The average molecular weight is 427 g/mol. The molecule has 9 nitrogen and oxygen atoms in total. The van der Waals surface area contributed by atoms with E-state index in [1.54, 1.807) is 30.3 Å². The zero-order chi connectivity index (χ0) is 21.2. The van der Waals surface area contributed by atoms with Gasteiger partial charge in [0.1, 0.15) is 21.5 Å². The summed E-state index contributed by atoms with van der Waals surface area (Å²) in [6.45, 7) is 0. The summed E-state index contributed by atoms with van der Waals surface area (Å²) in [6.07, 6.45) is 0.122. The monoisotopic (exact) mass is 426 g/mol. The van der Waals surface area contributed by atoms with Crippen LogP contribution in [0, 0.1) is 10.2 Å². The van der Waals surface area contributed by atoms with E-state index in [1.807, 2.05) is 0 Å². The van der Waals surface area contributed by atoms with Crippen LogP contribution in [0.3, 0.4) is 0 Å². The Morgan fingerprint density at radius 2 is 1.48 bits per heavy atom. The minimum absolute atomic E-state index is 0.230. The van der Waals surface area contributed by atoms with Crippen molar-refractivity contribution in [3.63, 3.8) is 0 Å². The molecule has 1 aliphatic rings. The Labute approximate surface area is 169 Å². The zero-order valence-corrected chi connectivity index (χ0v) is 16.8. The highest BCUT2D eigenvalue weighted by Crippen LogP contribution is 2.44. The molecule has 0 amide bonds. The van der Waals surface area contributed by atoms with Gasteiger partial charge in [0.15, 0.2) is 11.5 Å².